The first-order valence-electron chi connectivity index (χ1n) is 4.26. The average Bonchev–Trinajstić information content (AvgIpc) is 2.14. The van der Waals surface area contributed by atoms with Crippen LogP contribution in [0.5, 0.6) is 0 Å². The van der Waals surface area contributed by atoms with E-state index in [4.69, 9.17) is 11.6 Å². The van der Waals surface area contributed by atoms with Crippen LogP contribution < -0.4 is 0 Å². The first kappa shape index (κ1) is 11.5. The molecule has 0 radical (unpaired) electrons. The molecule has 4 heteroatoms. The summed E-state index contributed by atoms with van der Waals surface area (Å²) in [5.41, 5.74) is 0.605. The van der Waals surface area contributed by atoms with Crippen molar-refractivity contribution in [3.63, 3.8) is 0 Å². The summed E-state index contributed by atoms with van der Waals surface area (Å²) in [6.07, 6.45) is 0. The predicted molar refractivity (Wildman–Crippen MR) is 61.8 cm³/mol. The topological polar surface area (TPSA) is 20.3 Å². The molecule has 0 bridgehead atoms. The molecule has 0 aromatic heterocycles. The van der Waals surface area contributed by atoms with Crippen molar-refractivity contribution in [3.05, 3.63) is 33.3 Å². The normalized spacial score (nSPS) is 10.0. The third-order valence-corrected chi connectivity index (χ3v) is 2.61. The molecule has 1 aromatic rings. The van der Waals surface area contributed by atoms with Crippen molar-refractivity contribution in [2.24, 2.45) is 0 Å². The predicted octanol–water partition coefficient (Wildman–Crippen LogP) is 3.19. The summed E-state index contributed by atoms with van der Waals surface area (Å²) in [4.78, 5) is 13.4. The minimum atomic E-state index is -0.0179. The molecule has 0 fully saturated rings. The number of rotatable bonds is 2. The zero-order valence-corrected chi connectivity index (χ0v) is 10.4. The Morgan fingerprint density at radius 2 is 2.14 bits per heavy atom. The zero-order valence-electron chi connectivity index (χ0n) is 8.05. The fourth-order valence-corrected chi connectivity index (χ4v) is 1.90. The number of nitrogens with zero attached hydrogens (tertiary/aromatic N) is 1. The van der Waals surface area contributed by atoms with Gasteiger partial charge >= 0.3 is 0 Å². The lowest BCUT2D eigenvalue weighted by atomic mass is 10.2. The maximum Gasteiger partial charge on any atom is 0.253 e. The van der Waals surface area contributed by atoms with E-state index in [1.165, 1.54) is 0 Å². The van der Waals surface area contributed by atoms with Gasteiger partial charge in [0.05, 0.1) is 0 Å². The number of hydrogen-bond acceptors (Lipinski definition) is 1. The molecule has 1 rings (SSSR count). The molecule has 0 saturated heterocycles. The fourth-order valence-electron chi connectivity index (χ4n) is 1.04. The van der Waals surface area contributed by atoms with E-state index in [0.717, 1.165) is 4.47 Å². The van der Waals surface area contributed by atoms with Crippen LogP contribution in [0, 0.1) is 0 Å². The minimum absolute atomic E-state index is 0.0179. The lowest BCUT2D eigenvalue weighted by Gasteiger charge is -2.14. The van der Waals surface area contributed by atoms with Gasteiger partial charge in [0.1, 0.15) is 0 Å². The van der Waals surface area contributed by atoms with Crippen molar-refractivity contribution in [1.82, 2.24) is 4.90 Å². The van der Waals surface area contributed by atoms with Gasteiger partial charge in [-0.2, -0.15) is 0 Å². The zero-order chi connectivity index (χ0) is 10.7. The molecular formula is C10H11BrClNO. The van der Waals surface area contributed by atoms with Crippen LogP contribution in [0.4, 0.5) is 0 Å². The first-order chi connectivity index (χ1) is 6.54. The number of hydrogen-bond donors (Lipinski definition) is 0. The molecule has 0 aliphatic carbocycles. The van der Waals surface area contributed by atoms with Crippen molar-refractivity contribution >= 4 is 33.4 Å². The Balaban J connectivity index is 3.01. The van der Waals surface area contributed by atoms with E-state index in [-0.39, 0.29) is 5.91 Å². The van der Waals surface area contributed by atoms with E-state index >= 15 is 0 Å². The summed E-state index contributed by atoms with van der Waals surface area (Å²) < 4.78 is 0.817. The molecule has 14 heavy (non-hydrogen) atoms. The highest BCUT2D eigenvalue weighted by molar-refractivity contribution is 9.10. The SMILES string of the molecule is CCN(C)C(=O)c1cc(Cl)cc(Br)c1. The van der Waals surface area contributed by atoms with Crippen LogP contribution in [-0.2, 0) is 0 Å². The Bertz CT molecular complexity index is 334. The third kappa shape index (κ3) is 2.72. The maximum atomic E-state index is 11.7. The molecule has 0 N–H and O–H groups in total. The molecule has 1 aromatic carbocycles. The summed E-state index contributed by atoms with van der Waals surface area (Å²) in [5.74, 6) is -0.0179. The monoisotopic (exact) mass is 275 g/mol. The van der Waals surface area contributed by atoms with Crippen LogP contribution in [0.25, 0.3) is 0 Å². The second-order valence-corrected chi connectivity index (χ2v) is 4.33. The van der Waals surface area contributed by atoms with Crippen LogP contribution >= 0.6 is 27.5 Å². The highest BCUT2D eigenvalue weighted by atomic mass is 79.9. The van der Waals surface area contributed by atoms with E-state index in [0.29, 0.717) is 17.1 Å². The van der Waals surface area contributed by atoms with Crippen LogP contribution in [0.2, 0.25) is 5.02 Å². The van der Waals surface area contributed by atoms with Crippen molar-refractivity contribution in [1.29, 1.82) is 0 Å². The highest BCUT2D eigenvalue weighted by Gasteiger charge is 2.10. The van der Waals surface area contributed by atoms with Crippen molar-refractivity contribution in [2.45, 2.75) is 6.92 Å². The number of halogens is 2. The molecule has 0 spiro atoms. The molecule has 1 amide bonds. The van der Waals surface area contributed by atoms with Gasteiger partial charge in [0.25, 0.3) is 5.91 Å². The lowest BCUT2D eigenvalue weighted by Crippen LogP contribution is -2.26. The standard InChI is InChI=1S/C10H11BrClNO/c1-3-13(2)10(14)7-4-8(11)6-9(12)5-7/h4-6H,3H2,1-2H3. The second-order valence-electron chi connectivity index (χ2n) is 2.98. The van der Waals surface area contributed by atoms with Gasteiger partial charge in [0.15, 0.2) is 0 Å². The third-order valence-electron chi connectivity index (χ3n) is 1.93. The Hall–Kier alpha value is -0.540. The number of amides is 1. The van der Waals surface area contributed by atoms with Gasteiger partial charge in [0, 0.05) is 28.7 Å². The molecule has 76 valence electrons. The number of benzene rings is 1. The Morgan fingerprint density at radius 1 is 1.50 bits per heavy atom. The van der Waals surface area contributed by atoms with E-state index in [1.807, 2.05) is 6.92 Å². The summed E-state index contributed by atoms with van der Waals surface area (Å²) in [7, 11) is 1.76. The van der Waals surface area contributed by atoms with Gasteiger partial charge in [-0.3, -0.25) is 4.79 Å². The smallest absolute Gasteiger partial charge is 0.253 e. The van der Waals surface area contributed by atoms with Crippen LogP contribution in [0.3, 0.4) is 0 Å². The molecule has 0 aliphatic heterocycles. The highest BCUT2D eigenvalue weighted by Crippen LogP contribution is 2.20. The quantitative estimate of drug-likeness (QED) is 0.812. The minimum Gasteiger partial charge on any atom is -0.342 e. The molecular weight excluding hydrogens is 265 g/mol. The molecule has 0 heterocycles. The molecule has 0 saturated carbocycles. The lowest BCUT2D eigenvalue weighted by molar-refractivity contribution is 0.0802. The Kier molecular flexibility index (Phi) is 3.96. The summed E-state index contributed by atoms with van der Waals surface area (Å²) in [6, 6.07) is 5.19. The van der Waals surface area contributed by atoms with Crippen LogP contribution in [-0.4, -0.2) is 24.4 Å². The van der Waals surface area contributed by atoms with E-state index in [1.54, 1.807) is 30.1 Å². The fraction of sp³-hybridized carbons (Fsp3) is 0.300. The van der Waals surface area contributed by atoms with Crippen LogP contribution in [0.15, 0.2) is 22.7 Å². The van der Waals surface area contributed by atoms with Gasteiger partial charge in [-0.25, -0.2) is 0 Å². The first-order valence-corrected chi connectivity index (χ1v) is 5.43. The van der Waals surface area contributed by atoms with E-state index < -0.39 is 0 Å². The molecule has 2 nitrogen and oxygen atoms in total. The van der Waals surface area contributed by atoms with Crippen molar-refractivity contribution in [3.8, 4) is 0 Å². The molecule has 0 unspecified atom stereocenters. The van der Waals surface area contributed by atoms with Crippen molar-refractivity contribution < 1.29 is 4.79 Å². The average molecular weight is 277 g/mol. The second kappa shape index (κ2) is 4.80. The summed E-state index contributed by atoms with van der Waals surface area (Å²) >= 11 is 9.14. The van der Waals surface area contributed by atoms with Crippen molar-refractivity contribution in [2.75, 3.05) is 13.6 Å². The van der Waals surface area contributed by atoms with Gasteiger partial charge in [-0.15, -0.1) is 0 Å². The Morgan fingerprint density at radius 3 is 2.64 bits per heavy atom. The number of carbonyl (C=O) groups is 1. The van der Waals surface area contributed by atoms with Gasteiger partial charge in [-0.1, -0.05) is 27.5 Å². The Labute approximate surface area is 97.0 Å². The number of carbonyl (C=O) groups excluding carboxylic acids is 1. The molecule has 0 aliphatic rings. The van der Waals surface area contributed by atoms with Gasteiger partial charge in [0.2, 0.25) is 0 Å². The summed E-state index contributed by atoms with van der Waals surface area (Å²) in [6.45, 7) is 2.61. The van der Waals surface area contributed by atoms with Gasteiger partial charge in [-0.05, 0) is 25.1 Å². The molecule has 0 atom stereocenters. The van der Waals surface area contributed by atoms with E-state index in [9.17, 15) is 4.79 Å². The maximum absolute atomic E-state index is 11.7. The largest absolute Gasteiger partial charge is 0.342 e. The van der Waals surface area contributed by atoms with E-state index in [2.05, 4.69) is 15.9 Å². The summed E-state index contributed by atoms with van der Waals surface area (Å²) in [5, 5.41) is 0.562. The van der Waals surface area contributed by atoms with Gasteiger partial charge < -0.3 is 4.90 Å². The van der Waals surface area contributed by atoms with Crippen LogP contribution in [0.1, 0.15) is 17.3 Å².